The van der Waals surface area contributed by atoms with Gasteiger partial charge in [0.25, 0.3) is 39.3 Å². The predicted octanol–water partition coefficient (Wildman–Crippen LogP) is 12.3. The Morgan fingerprint density at radius 2 is 0.806 bits per heavy atom. The van der Waals surface area contributed by atoms with E-state index in [1.54, 1.807) is 48.5 Å². The number of carbonyl (C=O) groups excluding carboxylic acids is 2. The highest BCUT2D eigenvalue weighted by Gasteiger charge is 2.33. The Morgan fingerprint density at radius 3 is 1.16 bits per heavy atom. The minimum Gasteiger partial charge on any atom is -0.496 e. The number of carbonyl (C=O) groups is 2. The number of nitrogens with zero attached hydrogens (tertiary/aromatic N) is 20. The number of H-pyrrole nitrogens is 6. The van der Waals surface area contributed by atoms with Gasteiger partial charge in [0.1, 0.15) is 87.2 Å². The molecule has 704 valence electrons. The number of hydrogen-bond donors (Lipinski definition) is 9. The van der Waals surface area contributed by atoms with Crippen LogP contribution in [0.5, 0.6) is 5.75 Å². The smallest absolute Gasteiger partial charge is 0.278 e. The van der Waals surface area contributed by atoms with Crippen LogP contribution in [0.25, 0.3) is 79.3 Å². The van der Waals surface area contributed by atoms with Gasteiger partial charge in [0.15, 0.2) is 33.9 Å². The summed E-state index contributed by atoms with van der Waals surface area (Å²) in [6.45, 7) is 22.7. The van der Waals surface area contributed by atoms with Crippen LogP contribution in [-0.2, 0) is 34.9 Å². The number of rotatable bonds is 17. The number of allylic oxidation sites excluding steroid dienone is 1. The summed E-state index contributed by atoms with van der Waals surface area (Å²) in [5.74, 6) is 0.190. The van der Waals surface area contributed by atoms with Crippen LogP contribution < -0.4 is 48.7 Å². The first-order chi connectivity index (χ1) is 66.4. The fraction of sp³-hybridized carbons (Fsp3) is 0.265. The number of aromatic amines is 6. The zero-order valence-electron chi connectivity index (χ0n) is 78.1. The van der Waals surface area contributed by atoms with Crippen LogP contribution in [0.15, 0.2) is 176 Å². The van der Waals surface area contributed by atoms with E-state index in [1.165, 1.54) is 94.9 Å². The number of benzene rings is 3. The molecule has 0 radical (unpaired) electrons. The third kappa shape index (κ3) is 19.2. The van der Waals surface area contributed by atoms with Gasteiger partial charge in [-0.2, -0.15) is 40.6 Å². The Kier molecular flexibility index (Phi) is 28.0. The molecule has 0 unspecified atom stereocenters. The summed E-state index contributed by atoms with van der Waals surface area (Å²) in [5, 5.41) is 86.5. The van der Waals surface area contributed by atoms with Crippen LogP contribution >= 0.6 is 0 Å². The molecule has 3 aromatic carbocycles. The number of aliphatic hydroxyl groups is 1. The quantitative estimate of drug-likeness (QED) is 0.0409. The average molecular weight is 1890 g/mol. The van der Waals surface area contributed by atoms with Crippen LogP contribution in [0, 0.1) is 73.9 Å². The van der Waals surface area contributed by atoms with Gasteiger partial charge in [-0.3, -0.25) is 72.9 Å². The van der Waals surface area contributed by atoms with Gasteiger partial charge in [-0.25, -0.2) is 56.4 Å². The highest BCUT2D eigenvalue weighted by Crippen LogP contribution is 2.37. The summed E-state index contributed by atoms with van der Waals surface area (Å²) < 4.78 is 39.2. The standard InChI is InChI=1S/C19H16N4O.C18H18N4O3.C17H15N5O2.C15H15N5O3S.C15H15N5O.C14H15N5O2/c1-11(2)16-17(14-7-12-5-3-4-6-13(12)8-14)22-18-15(9-20)10-21-23(18)19(16)24;1-10(2)15-16(11-4-5-14(25-3)12(6-11)9-23)21-17-13(7-19)8-20-22(17)18(15)24;1-10(2)13-14(21-16(23)11-6-4-3-5-7-11)20-15-12(8-18)9-19-22(15)17(13)24;1-9(2)12-13(10-4-5-19(8-10)24(3,22)23)18-14-11(6-16)7-17-20(14)15(12)21;1-9(2)12-13(10-4-5-19(3)8-10)18-14-11(6-16)7-17-20(14)15(12)21;1-7(2)10-11(18-13(20)8-3-4-8)17-12-9(5-15)6-16-19(12)14(10)21/h3-7,10-11,21H,8H2,1-2H3;4-6,8,10,20,23H,9H2,1-3H3;3-7,9-10,19H,1-2H3,(H,21,23);4-5,7-9,17H,1-3H3;4-5,7-9,17H,1-3H3;6-8,16H,3-4H2,1-2H3,(H,18,20). The SMILES string of the molecule is CC(C)c1c(-c2ccn(C)c2)nc2c(C#N)c[nH]n2c1=O.CC(C)c1c(-c2ccn(S(C)(=O)=O)c2)nc2c(C#N)c[nH]n2c1=O.CC(C)c1c(C2=Cc3ccccc3C2)nc2c(C#N)c[nH]n2c1=O.CC(C)c1c(NC(=O)C2CC2)nc2c(C#N)c[nH]n2c1=O.CC(C)c1c(NC(=O)c2ccccc2)nc2c(C#N)c[nH]n2c1=O.COc1ccc(-c2nc3c(C#N)c[nH]n3c(=O)c2C(C)C)cc1CO. The van der Waals surface area contributed by atoms with Crippen molar-refractivity contribution < 1.29 is 27.9 Å². The molecule has 1 fully saturated rings. The molecule has 139 heavy (non-hydrogen) atoms. The maximum absolute atomic E-state index is 12.9. The Bertz CT molecular complexity index is 8590. The first-order valence-corrected chi connectivity index (χ1v) is 45.8. The summed E-state index contributed by atoms with van der Waals surface area (Å²) in [5.41, 5.74) is 13.9. The van der Waals surface area contributed by atoms with Crippen molar-refractivity contribution in [3.8, 4) is 75.9 Å². The molecule has 0 aliphatic heterocycles. The van der Waals surface area contributed by atoms with Gasteiger partial charge in [0, 0.05) is 131 Å². The third-order valence-electron chi connectivity index (χ3n) is 23.0. The van der Waals surface area contributed by atoms with Crippen LogP contribution in [-0.4, -0.2) is 135 Å². The number of methoxy groups -OCH3 is 1. The average Bonchev–Trinajstić information content (AvgIpc) is 1.56. The molecule has 0 atom stereocenters. The zero-order chi connectivity index (χ0) is 100. The van der Waals surface area contributed by atoms with Crippen molar-refractivity contribution in [2.75, 3.05) is 24.0 Å². The van der Waals surface area contributed by atoms with Gasteiger partial charge in [-0.05, 0) is 114 Å². The molecule has 9 N–H and O–H groups in total. The van der Waals surface area contributed by atoms with Gasteiger partial charge in [0.2, 0.25) is 15.9 Å². The monoisotopic (exact) mass is 1890 g/mol. The molecular formula is C98H94N28O12S. The van der Waals surface area contributed by atoms with Crippen molar-refractivity contribution >= 4 is 79.0 Å². The largest absolute Gasteiger partial charge is 0.496 e. The summed E-state index contributed by atoms with van der Waals surface area (Å²) in [6, 6.07) is 37.7. The van der Waals surface area contributed by atoms with Crippen molar-refractivity contribution in [3.05, 3.63) is 304 Å². The molecule has 41 heteroatoms. The maximum Gasteiger partial charge on any atom is 0.278 e. The number of nitriles is 6. The third-order valence-corrected chi connectivity index (χ3v) is 24.0. The van der Waals surface area contributed by atoms with Gasteiger partial charge in [0.05, 0.1) is 53.9 Å². The zero-order valence-corrected chi connectivity index (χ0v) is 78.9. The fourth-order valence-electron chi connectivity index (χ4n) is 16.1. The highest BCUT2D eigenvalue weighted by atomic mass is 32.2. The second-order valence-corrected chi connectivity index (χ2v) is 36.5. The topological polar surface area (TPSA) is 575 Å². The second-order valence-electron chi connectivity index (χ2n) is 34.6. The minimum atomic E-state index is -3.43. The van der Waals surface area contributed by atoms with Crippen LogP contribution in [0.3, 0.4) is 0 Å². The molecule has 19 rings (SSSR count). The molecule has 0 bridgehead atoms. The normalized spacial score (nSPS) is 12.0. The van der Waals surface area contributed by atoms with E-state index in [1.807, 2.05) is 156 Å². The lowest BCUT2D eigenvalue weighted by Gasteiger charge is -2.14. The molecule has 1 saturated carbocycles. The summed E-state index contributed by atoms with van der Waals surface area (Å²) >= 11 is 0. The Labute approximate surface area is 791 Å². The first-order valence-electron chi connectivity index (χ1n) is 43.9. The van der Waals surface area contributed by atoms with E-state index >= 15 is 0 Å². The lowest BCUT2D eigenvalue weighted by atomic mass is 9.97. The van der Waals surface area contributed by atoms with E-state index in [9.17, 15) is 62.4 Å². The number of hydrogen-bond acceptors (Lipinski definition) is 24. The van der Waals surface area contributed by atoms with Gasteiger partial charge >= 0.3 is 0 Å². The van der Waals surface area contributed by atoms with Crippen molar-refractivity contribution in [3.63, 3.8) is 0 Å². The van der Waals surface area contributed by atoms with E-state index in [2.05, 4.69) is 96.5 Å². The lowest BCUT2D eigenvalue weighted by molar-refractivity contribution is -0.117. The summed E-state index contributed by atoms with van der Waals surface area (Å²) in [7, 11) is 0.0181. The molecule has 40 nitrogen and oxygen atoms in total. The Morgan fingerprint density at radius 1 is 0.453 bits per heavy atom. The molecule has 2 aliphatic rings. The van der Waals surface area contributed by atoms with Crippen LogP contribution in [0.1, 0.15) is 231 Å². The number of fused-ring (bicyclic) bond motifs is 7. The lowest BCUT2D eigenvalue weighted by Crippen LogP contribution is -2.26. The van der Waals surface area contributed by atoms with Crippen LogP contribution in [0.4, 0.5) is 11.6 Å². The number of amides is 2. The van der Waals surface area contributed by atoms with Crippen molar-refractivity contribution in [1.82, 2.24) is 96.1 Å². The Balaban J connectivity index is 0.000000133. The molecule has 0 saturated heterocycles. The molecule has 14 aromatic heterocycles. The Hall–Kier alpha value is -17.9. The van der Waals surface area contributed by atoms with Crippen LogP contribution in [0.2, 0.25) is 0 Å². The summed E-state index contributed by atoms with van der Waals surface area (Å²) in [6.07, 6.45) is 21.1. The number of ether oxygens (including phenoxy) is 1. The fourth-order valence-corrected chi connectivity index (χ4v) is 16.6. The molecular weight excluding hydrogens is 1790 g/mol. The molecule has 0 spiro atoms. The number of anilines is 2. The van der Waals surface area contributed by atoms with E-state index in [0.29, 0.717) is 112 Å². The van der Waals surface area contributed by atoms with Crippen molar-refractivity contribution in [2.45, 2.75) is 144 Å². The summed E-state index contributed by atoms with van der Waals surface area (Å²) in [4.78, 5) is 128. The molecule has 17 aromatic rings. The number of aromatic nitrogens is 20. The van der Waals surface area contributed by atoms with Gasteiger partial charge in [-0.1, -0.05) is 126 Å². The van der Waals surface area contributed by atoms with Gasteiger partial charge in [-0.15, -0.1) is 0 Å². The van der Waals surface area contributed by atoms with E-state index in [0.717, 1.165) is 40.6 Å². The van der Waals surface area contributed by atoms with E-state index < -0.39 is 10.0 Å². The van der Waals surface area contributed by atoms with Gasteiger partial charge < -0.3 is 25.0 Å². The second kappa shape index (κ2) is 40.1. The van der Waals surface area contributed by atoms with Crippen molar-refractivity contribution in [2.24, 2.45) is 13.0 Å². The first kappa shape index (κ1) is 97.1. The minimum absolute atomic E-state index is 0.0203. The maximum atomic E-state index is 12.9. The number of aryl methyl sites for hydroxylation is 1. The van der Waals surface area contributed by atoms with Crippen molar-refractivity contribution in [1.29, 1.82) is 31.6 Å². The predicted molar refractivity (Wildman–Crippen MR) is 517 cm³/mol. The molecule has 14 heterocycles. The number of nitrogens with one attached hydrogen (secondary N) is 8. The molecule has 2 amide bonds. The van der Waals surface area contributed by atoms with E-state index in [-0.39, 0.29) is 144 Å². The highest BCUT2D eigenvalue weighted by molar-refractivity contribution is 7.89. The van der Waals surface area contributed by atoms with E-state index in [4.69, 9.17) is 30.8 Å². The number of aliphatic hydroxyl groups excluding tert-OH is 1. The molecule has 2 aliphatic carbocycles.